The summed E-state index contributed by atoms with van der Waals surface area (Å²) in [4.78, 5) is 9.08. The maximum Gasteiger partial charge on any atom is 0.191 e. The molecule has 3 unspecified atom stereocenters. The average molecular weight is 484 g/mol. The van der Waals surface area contributed by atoms with E-state index in [1.807, 2.05) is 25.2 Å². The topological polar surface area (TPSA) is 58.5 Å². The van der Waals surface area contributed by atoms with Gasteiger partial charge in [0.25, 0.3) is 0 Å². The highest BCUT2D eigenvalue weighted by atomic mass is 127. The number of hydrogen-bond acceptors (Lipinski definition) is 4. The van der Waals surface area contributed by atoms with Gasteiger partial charge in [-0.2, -0.15) is 0 Å². The molecule has 26 heavy (non-hydrogen) atoms. The van der Waals surface area contributed by atoms with Gasteiger partial charge in [-0.1, -0.05) is 30.3 Å². The number of hydrogen-bond donors (Lipinski definition) is 2. The number of halogens is 1. The maximum absolute atomic E-state index is 5.89. The molecule has 0 amide bonds. The highest BCUT2D eigenvalue weighted by molar-refractivity contribution is 14.0. The Morgan fingerprint density at radius 3 is 2.85 bits per heavy atom. The summed E-state index contributed by atoms with van der Waals surface area (Å²) in [5.74, 6) is 0.861. The van der Waals surface area contributed by atoms with Gasteiger partial charge in [0.15, 0.2) is 5.96 Å². The minimum absolute atomic E-state index is 0. The Balaban J connectivity index is 0.00000196. The monoisotopic (exact) mass is 484 g/mol. The minimum Gasteiger partial charge on any atom is -0.373 e. The molecule has 1 aromatic heterocycles. The first-order valence-corrected chi connectivity index (χ1v) is 9.82. The largest absolute Gasteiger partial charge is 0.373 e. The van der Waals surface area contributed by atoms with Crippen LogP contribution in [0.25, 0.3) is 10.6 Å². The fourth-order valence-electron chi connectivity index (χ4n) is 3.60. The molecule has 140 valence electrons. The van der Waals surface area contributed by atoms with Gasteiger partial charge < -0.3 is 15.4 Å². The Kier molecular flexibility index (Phi) is 6.88. The molecule has 0 spiro atoms. The molecule has 2 N–H and O–H groups in total. The van der Waals surface area contributed by atoms with Crippen molar-refractivity contribution in [3.8, 4) is 10.6 Å². The molecule has 4 rings (SSSR count). The molecule has 2 fully saturated rings. The van der Waals surface area contributed by atoms with Crippen molar-refractivity contribution in [3.63, 3.8) is 0 Å². The van der Waals surface area contributed by atoms with Crippen molar-refractivity contribution in [3.05, 3.63) is 41.4 Å². The Morgan fingerprint density at radius 1 is 1.31 bits per heavy atom. The summed E-state index contributed by atoms with van der Waals surface area (Å²) >= 11 is 1.70. The molecule has 2 bridgehead atoms. The molecular weight excluding hydrogens is 459 g/mol. The number of guanidine groups is 1. The van der Waals surface area contributed by atoms with Crippen LogP contribution < -0.4 is 10.6 Å². The smallest absolute Gasteiger partial charge is 0.191 e. The van der Waals surface area contributed by atoms with E-state index in [0.29, 0.717) is 18.2 Å². The van der Waals surface area contributed by atoms with Gasteiger partial charge in [-0.3, -0.25) is 4.99 Å². The number of aromatic nitrogens is 1. The molecule has 3 atom stereocenters. The summed E-state index contributed by atoms with van der Waals surface area (Å²) in [5, 5.41) is 10.1. The lowest BCUT2D eigenvalue weighted by molar-refractivity contribution is 0.0992. The number of aliphatic imine (C=N–C) groups is 1. The van der Waals surface area contributed by atoms with E-state index in [0.717, 1.165) is 36.0 Å². The first kappa shape index (κ1) is 19.6. The standard InChI is InChI=1S/C19H24N4OS.HI/c1-20-19(23-16-11-15-7-8-17(16)24-15)21-10-9-14-12-25-18(22-14)13-5-3-2-4-6-13;/h2-6,12,15-17H,7-11H2,1H3,(H2,20,21,23);1H. The van der Waals surface area contributed by atoms with Crippen LogP contribution in [-0.4, -0.2) is 42.8 Å². The average Bonchev–Trinajstić information content (AvgIpc) is 3.38. The van der Waals surface area contributed by atoms with Crippen LogP contribution in [0.15, 0.2) is 40.7 Å². The van der Waals surface area contributed by atoms with Crippen LogP contribution in [0.1, 0.15) is 25.0 Å². The van der Waals surface area contributed by atoms with Gasteiger partial charge in [-0.05, 0) is 19.3 Å². The lowest BCUT2D eigenvalue weighted by Crippen LogP contribution is -2.47. The van der Waals surface area contributed by atoms with Crippen LogP contribution in [0.4, 0.5) is 0 Å². The van der Waals surface area contributed by atoms with Crippen molar-refractivity contribution in [2.24, 2.45) is 4.99 Å². The van der Waals surface area contributed by atoms with Crippen LogP contribution in [-0.2, 0) is 11.2 Å². The third-order valence-corrected chi connectivity index (χ3v) is 5.84. The molecule has 2 aromatic rings. The zero-order chi connectivity index (χ0) is 17.1. The zero-order valence-electron chi connectivity index (χ0n) is 14.9. The number of benzene rings is 1. The number of ether oxygens (including phenoxy) is 1. The third kappa shape index (κ3) is 4.55. The van der Waals surface area contributed by atoms with E-state index < -0.39 is 0 Å². The van der Waals surface area contributed by atoms with Crippen molar-refractivity contribution in [2.75, 3.05) is 13.6 Å². The molecule has 3 heterocycles. The van der Waals surface area contributed by atoms with Crippen molar-refractivity contribution in [2.45, 2.75) is 43.9 Å². The molecule has 7 heteroatoms. The minimum atomic E-state index is 0. The second-order valence-corrected chi connectivity index (χ2v) is 7.48. The Hall–Kier alpha value is -1.19. The Morgan fingerprint density at radius 2 is 2.15 bits per heavy atom. The SMILES string of the molecule is CN=C(NCCc1csc(-c2ccccc2)n1)NC1CC2CCC1O2.I. The molecule has 1 aromatic carbocycles. The predicted molar refractivity (Wildman–Crippen MR) is 117 cm³/mol. The summed E-state index contributed by atoms with van der Waals surface area (Å²) in [6.07, 6.45) is 5.17. The first-order chi connectivity index (χ1) is 12.3. The fraction of sp³-hybridized carbons (Fsp3) is 0.474. The van der Waals surface area contributed by atoms with Crippen LogP contribution >= 0.6 is 35.3 Å². The molecule has 0 aliphatic carbocycles. The number of nitrogens with one attached hydrogen (secondary N) is 2. The fourth-order valence-corrected chi connectivity index (χ4v) is 4.46. The van der Waals surface area contributed by atoms with Crippen molar-refractivity contribution in [1.29, 1.82) is 0 Å². The van der Waals surface area contributed by atoms with Crippen molar-refractivity contribution >= 4 is 41.3 Å². The summed E-state index contributed by atoms with van der Waals surface area (Å²) in [7, 11) is 1.82. The van der Waals surface area contributed by atoms with E-state index in [4.69, 9.17) is 9.72 Å². The van der Waals surface area contributed by atoms with E-state index in [1.165, 1.54) is 18.4 Å². The Labute approximate surface area is 175 Å². The van der Waals surface area contributed by atoms with E-state index in [9.17, 15) is 0 Å². The van der Waals surface area contributed by atoms with Gasteiger partial charge in [0.1, 0.15) is 5.01 Å². The van der Waals surface area contributed by atoms with Crippen molar-refractivity contribution in [1.82, 2.24) is 15.6 Å². The van der Waals surface area contributed by atoms with Crippen molar-refractivity contribution < 1.29 is 4.74 Å². The third-order valence-electron chi connectivity index (χ3n) is 4.90. The number of fused-ring (bicyclic) bond motifs is 2. The highest BCUT2D eigenvalue weighted by Crippen LogP contribution is 2.34. The van der Waals surface area contributed by atoms with E-state index in [2.05, 4.69) is 33.1 Å². The van der Waals surface area contributed by atoms with E-state index in [1.54, 1.807) is 11.3 Å². The van der Waals surface area contributed by atoms with E-state index >= 15 is 0 Å². The summed E-state index contributed by atoms with van der Waals surface area (Å²) in [6, 6.07) is 10.7. The quantitative estimate of drug-likeness (QED) is 0.388. The highest BCUT2D eigenvalue weighted by Gasteiger charge is 2.41. The molecule has 2 aliphatic rings. The van der Waals surface area contributed by atoms with Crippen LogP contribution in [0, 0.1) is 0 Å². The predicted octanol–water partition coefficient (Wildman–Crippen LogP) is 3.46. The second kappa shape index (κ2) is 9.14. The number of thiazole rings is 1. The number of nitrogens with zero attached hydrogens (tertiary/aromatic N) is 2. The first-order valence-electron chi connectivity index (χ1n) is 8.94. The normalized spacial score (nSPS) is 24.3. The van der Waals surface area contributed by atoms with E-state index in [-0.39, 0.29) is 24.0 Å². The van der Waals surface area contributed by atoms with Gasteiger partial charge in [-0.25, -0.2) is 4.98 Å². The molecule has 2 aliphatic heterocycles. The van der Waals surface area contributed by atoms with Gasteiger partial charge in [0, 0.05) is 31.0 Å². The maximum atomic E-state index is 5.89. The lowest BCUT2D eigenvalue weighted by Gasteiger charge is -2.22. The zero-order valence-corrected chi connectivity index (χ0v) is 18.0. The van der Waals surface area contributed by atoms with Crippen LogP contribution in [0.5, 0.6) is 0 Å². The van der Waals surface area contributed by atoms with Crippen LogP contribution in [0.2, 0.25) is 0 Å². The molecule has 0 saturated carbocycles. The van der Waals surface area contributed by atoms with Gasteiger partial charge in [0.2, 0.25) is 0 Å². The molecule has 5 nitrogen and oxygen atoms in total. The molecular formula is C19H25IN4OS. The number of rotatable bonds is 5. The summed E-state index contributed by atoms with van der Waals surface area (Å²) in [5.41, 5.74) is 2.30. The van der Waals surface area contributed by atoms with Crippen LogP contribution in [0.3, 0.4) is 0 Å². The van der Waals surface area contributed by atoms with Gasteiger partial charge in [0.05, 0.1) is 23.9 Å². The summed E-state index contributed by atoms with van der Waals surface area (Å²) in [6.45, 7) is 0.819. The molecule has 0 radical (unpaired) electrons. The Bertz CT molecular complexity index is 736. The second-order valence-electron chi connectivity index (χ2n) is 6.62. The summed E-state index contributed by atoms with van der Waals surface area (Å²) < 4.78 is 5.89. The molecule has 2 saturated heterocycles. The lowest BCUT2D eigenvalue weighted by atomic mass is 9.96. The van der Waals surface area contributed by atoms with Gasteiger partial charge in [-0.15, -0.1) is 35.3 Å². The van der Waals surface area contributed by atoms with Gasteiger partial charge >= 0.3 is 0 Å².